The summed E-state index contributed by atoms with van der Waals surface area (Å²) in [5.74, 6) is 0. The molecule has 1 aliphatic rings. The van der Waals surface area contributed by atoms with Crippen molar-refractivity contribution in [3.05, 3.63) is 24.3 Å². The highest BCUT2D eigenvalue weighted by Gasteiger charge is 2.34. The van der Waals surface area contributed by atoms with Crippen molar-refractivity contribution >= 4 is 0 Å². The highest BCUT2D eigenvalue weighted by molar-refractivity contribution is 5.03. The molecule has 86 valence electrons. The first-order valence-electron chi connectivity index (χ1n) is 5.98. The second kappa shape index (κ2) is 4.98. The van der Waals surface area contributed by atoms with Crippen LogP contribution < -0.4 is 0 Å². The molecule has 0 aliphatic carbocycles. The van der Waals surface area contributed by atoms with Gasteiger partial charge in [0.1, 0.15) is 0 Å². The van der Waals surface area contributed by atoms with Crippen molar-refractivity contribution in [2.75, 3.05) is 13.1 Å². The minimum atomic E-state index is 0.242. The molecule has 1 saturated heterocycles. The monoisotopic (exact) mass is 207 g/mol. The molecule has 0 N–H and O–H groups in total. The topological polar surface area (TPSA) is 3.24 Å². The van der Waals surface area contributed by atoms with E-state index in [9.17, 15) is 0 Å². The van der Waals surface area contributed by atoms with Crippen LogP contribution in [0.25, 0.3) is 0 Å². The van der Waals surface area contributed by atoms with E-state index in [0.29, 0.717) is 6.04 Å². The van der Waals surface area contributed by atoms with Gasteiger partial charge in [0.05, 0.1) is 0 Å². The van der Waals surface area contributed by atoms with Crippen molar-refractivity contribution in [1.82, 2.24) is 4.90 Å². The zero-order valence-electron chi connectivity index (χ0n) is 10.7. The lowest BCUT2D eigenvalue weighted by molar-refractivity contribution is 0.177. The fraction of sp³-hybridized carbons (Fsp3) is 0.714. The van der Waals surface area contributed by atoms with Gasteiger partial charge in [-0.2, -0.15) is 0 Å². The van der Waals surface area contributed by atoms with E-state index in [4.69, 9.17) is 0 Å². The van der Waals surface area contributed by atoms with Gasteiger partial charge in [-0.05, 0) is 38.6 Å². The number of rotatable bonds is 4. The molecule has 1 fully saturated rings. The standard InChI is InChI=1S/C14H25N/c1-6-14(4,5)13-8-7-10-15(13)11-9-12(2)3/h6,9,13H,1,7-8,10-11H2,2-5H3/t13-/m0/s1. The van der Waals surface area contributed by atoms with Gasteiger partial charge in [-0.1, -0.05) is 31.6 Å². The summed E-state index contributed by atoms with van der Waals surface area (Å²) < 4.78 is 0. The summed E-state index contributed by atoms with van der Waals surface area (Å²) in [5, 5.41) is 0. The Labute approximate surface area is 94.9 Å². The molecule has 0 amide bonds. The average Bonchev–Trinajstić information content (AvgIpc) is 2.63. The second-order valence-corrected chi connectivity index (χ2v) is 5.46. The highest BCUT2D eigenvalue weighted by Crippen LogP contribution is 2.33. The quantitative estimate of drug-likeness (QED) is 0.636. The summed E-state index contributed by atoms with van der Waals surface area (Å²) >= 11 is 0. The molecular weight excluding hydrogens is 182 g/mol. The van der Waals surface area contributed by atoms with Gasteiger partial charge < -0.3 is 0 Å². The van der Waals surface area contributed by atoms with Crippen molar-refractivity contribution in [3.63, 3.8) is 0 Å². The van der Waals surface area contributed by atoms with Gasteiger partial charge in [0, 0.05) is 12.6 Å². The fourth-order valence-corrected chi connectivity index (χ4v) is 2.32. The van der Waals surface area contributed by atoms with E-state index in [1.165, 1.54) is 25.0 Å². The zero-order chi connectivity index (χ0) is 11.5. The first kappa shape index (κ1) is 12.5. The van der Waals surface area contributed by atoms with Gasteiger partial charge in [-0.25, -0.2) is 0 Å². The first-order valence-corrected chi connectivity index (χ1v) is 5.98. The van der Waals surface area contributed by atoms with Gasteiger partial charge in [0.2, 0.25) is 0 Å². The van der Waals surface area contributed by atoms with Crippen molar-refractivity contribution in [1.29, 1.82) is 0 Å². The van der Waals surface area contributed by atoms with Crippen LogP contribution in [0.1, 0.15) is 40.5 Å². The number of nitrogens with zero attached hydrogens (tertiary/aromatic N) is 1. The zero-order valence-corrected chi connectivity index (χ0v) is 10.7. The fourth-order valence-electron chi connectivity index (χ4n) is 2.32. The van der Waals surface area contributed by atoms with E-state index in [-0.39, 0.29) is 5.41 Å². The van der Waals surface area contributed by atoms with Gasteiger partial charge in [-0.3, -0.25) is 4.90 Å². The first-order chi connectivity index (χ1) is 6.97. The van der Waals surface area contributed by atoms with E-state index in [2.05, 4.69) is 51.3 Å². The molecule has 0 unspecified atom stereocenters. The lowest BCUT2D eigenvalue weighted by Crippen LogP contribution is -2.39. The van der Waals surface area contributed by atoms with Crippen LogP contribution in [0.15, 0.2) is 24.3 Å². The molecule has 1 rings (SSSR count). The van der Waals surface area contributed by atoms with Gasteiger partial charge >= 0.3 is 0 Å². The predicted molar refractivity (Wildman–Crippen MR) is 68.0 cm³/mol. The molecule has 1 heteroatoms. The molecule has 1 aliphatic heterocycles. The van der Waals surface area contributed by atoms with E-state index in [0.717, 1.165) is 6.54 Å². The molecule has 0 bridgehead atoms. The normalized spacial score (nSPS) is 22.8. The molecule has 0 aromatic carbocycles. The third kappa shape index (κ3) is 3.20. The van der Waals surface area contributed by atoms with Crippen molar-refractivity contribution in [2.24, 2.45) is 5.41 Å². The maximum absolute atomic E-state index is 3.96. The van der Waals surface area contributed by atoms with Crippen molar-refractivity contribution in [3.8, 4) is 0 Å². The summed E-state index contributed by atoms with van der Waals surface area (Å²) in [5.41, 5.74) is 1.66. The van der Waals surface area contributed by atoms with Crippen molar-refractivity contribution in [2.45, 2.75) is 46.6 Å². The smallest absolute Gasteiger partial charge is 0.0185 e. The van der Waals surface area contributed by atoms with E-state index in [1.807, 2.05) is 0 Å². The Morgan fingerprint density at radius 2 is 2.13 bits per heavy atom. The van der Waals surface area contributed by atoms with Crippen LogP contribution in [0.5, 0.6) is 0 Å². The van der Waals surface area contributed by atoms with E-state index in [1.54, 1.807) is 0 Å². The van der Waals surface area contributed by atoms with Crippen LogP contribution in [0.3, 0.4) is 0 Å². The number of hydrogen-bond acceptors (Lipinski definition) is 1. The van der Waals surface area contributed by atoms with Crippen LogP contribution in [0.4, 0.5) is 0 Å². The summed E-state index contributed by atoms with van der Waals surface area (Å²) in [6, 6.07) is 0.672. The molecule has 1 atom stereocenters. The third-order valence-electron chi connectivity index (χ3n) is 3.48. The SMILES string of the molecule is C=CC(C)(C)[C@@H]1CCCN1CC=C(C)C. The van der Waals surface area contributed by atoms with E-state index >= 15 is 0 Å². The van der Waals surface area contributed by atoms with Gasteiger partial charge in [-0.15, -0.1) is 6.58 Å². The van der Waals surface area contributed by atoms with Gasteiger partial charge in [0.25, 0.3) is 0 Å². The number of allylic oxidation sites excluding steroid dienone is 1. The summed E-state index contributed by atoms with van der Waals surface area (Å²) in [4.78, 5) is 2.59. The van der Waals surface area contributed by atoms with Crippen molar-refractivity contribution < 1.29 is 0 Å². The molecule has 0 spiro atoms. The maximum atomic E-state index is 3.96. The highest BCUT2D eigenvalue weighted by atomic mass is 15.2. The minimum absolute atomic E-state index is 0.242. The van der Waals surface area contributed by atoms with Crippen LogP contribution in [0, 0.1) is 5.41 Å². The molecule has 0 radical (unpaired) electrons. The molecule has 0 saturated carbocycles. The Bertz CT molecular complexity index is 246. The molecule has 1 nitrogen and oxygen atoms in total. The Hall–Kier alpha value is -0.560. The minimum Gasteiger partial charge on any atom is -0.296 e. The van der Waals surface area contributed by atoms with Crippen LogP contribution >= 0.6 is 0 Å². The lowest BCUT2D eigenvalue weighted by Gasteiger charge is -2.35. The summed E-state index contributed by atoms with van der Waals surface area (Å²) in [7, 11) is 0. The van der Waals surface area contributed by atoms with Crippen LogP contribution in [-0.4, -0.2) is 24.0 Å². The Kier molecular flexibility index (Phi) is 4.15. The second-order valence-electron chi connectivity index (χ2n) is 5.46. The molecular formula is C14H25N. The number of hydrogen-bond donors (Lipinski definition) is 0. The molecule has 0 aromatic heterocycles. The molecule has 0 aromatic rings. The Morgan fingerprint density at radius 3 is 2.67 bits per heavy atom. The summed E-state index contributed by atoms with van der Waals surface area (Å²) in [6.07, 6.45) is 7.09. The average molecular weight is 207 g/mol. The lowest BCUT2D eigenvalue weighted by atomic mass is 9.83. The summed E-state index contributed by atoms with van der Waals surface area (Å²) in [6.45, 7) is 15.2. The third-order valence-corrected chi connectivity index (χ3v) is 3.48. The van der Waals surface area contributed by atoms with Crippen LogP contribution in [0.2, 0.25) is 0 Å². The van der Waals surface area contributed by atoms with Gasteiger partial charge in [0.15, 0.2) is 0 Å². The predicted octanol–water partition coefficient (Wildman–Crippen LogP) is 3.63. The molecule has 15 heavy (non-hydrogen) atoms. The van der Waals surface area contributed by atoms with Crippen LogP contribution in [-0.2, 0) is 0 Å². The Balaban J connectivity index is 2.65. The maximum Gasteiger partial charge on any atom is 0.0185 e. The molecule has 1 heterocycles. The largest absolute Gasteiger partial charge is 0.296 e. The van der Waals surface area contributed by atoms with E-state index < -0.39 is 0 Å². The number of likely N-dealkylation sites (tertiary alicyclic amines) is 1. The Morgan fingerprint density at radius 1 is 1.47 bits per heavy atom.